The lowest BCUT2D eigenvalue weighted by atomic mass is 10.2. The second-order valence-corrected chi connectivity index (χ2v) is 4.98. The molecule has 110 valence electrons. The van der Waals surface area contributed by atoms with E-state index in [0.29, 0.717) is 24.6 Å². The Bertz CT molecular complexity index is 503. The Kier molecular flexibility index (Phi) is 3.70. The molecule has 1 saturated heterocycles. The second-order valence-electron chi connectivity index (χ2n) is 4.98. The highest BCUT2D eigenvalue weighted by Crippen LogP contribution is 2.36. The van der Waals surface area contributed by atoms with Gasteiger partial charge in [-0.2, -0.15) is 0 Å². The first-order valence-corrected chi connectivity index (χ1v) is 6.75. The molecule has 1 aromatic rings. The van der Waals surface area contributed by atoms with Crippen LogP contribution in [0.1, 0.15) is 31.0 Å². The molecule has 0 amide bonds. The van der Waals surface area contributed by atoms with E-state index in [-0.39, 0.29) is 18.9 Å². The van der Waals surface area contributed by atoms with Crippen molar-refractivity contribution in [2.45, 2.75) is 31.4 Å². The van der Waals surface area contributed by atoms with Gasteiger partial charge in [-0.25, -0.2) is 9.98 Å². The van der Waals surface area contributed by atoms with Crippen LogP contribution >= 0.6 is 0 Å². The van der Waals surface area contributed by atoms with Crippen molar-refractivity contribution in [3.8, 4) is 0 Å². The van der Waals surface area contributed by atoms with Crippen LogP contribution in [0.25, 0.3) is 0 Å². The van der Waals surface area contributed by atoms with Crippen molar-refractivity contribution < 1.29 is 14.9 Å². The molecule has 20 heavy (non-hydrogen) atoms. The molecule has 2 aliphatic rings. The lowest BCUT2D eigenvalue weighted by Gasteiger charge is -2.27. The summed E-state index contributed by atoms with van der Waals surface area (Å²) in [6, 6.07) is 0. The van der Waals surface area contributed by atoms with Gasteiger partial charge in [0.05, 0.1) is 25.4 Å². The molecule has 2 aliphatic heterocycles. The van der Waals surface area contributed by atoms with Crippen LogP contribution in [0.3, 0.4) is 0 Å². The average molecular weight is 281 g/mol. The van der Waals surface area contributed by atoms with Crippen molar-refractivity contribution in [1.29, 1.82) is 0 Å². The van der Waals surface area contributed by atoms with Crippen LogP contribution in [-0.2, 0) is 4.74 Å². The zero-order valence-corrected chi connectivity index (χ0v) is 11.1. The summed E-state index contributed by atoms with van der Waals surface area (Å²) in [5.41, 5.74) is 6.00. The van der Waals surface area contributed by atoms with Gasteiger partial charge in [-0.15, -0.1) is 0 Å². The fourth-order valence-electron chi connectivity index (χ4n) is 2.60. The van der Waals surface area contributed by atoms with Crippen molar-refractivity contribution in [3.63, 3.8) is 0 Å². The summed E-state index contributed by atoms with van der Waals surface area (Å²) in [5, 5.41) is 19.3. The number of aliphatic hydroxyl groups excluding tert-OH is 2. The highest BCUT2D eigenvalue weighted by molar-refractivity contribution is 5.65. The number of nitrogens with two attached hydrogens (primary N) is 1. The van der Waals surface area contributed by atoms with Crippen LogP contribution in [0.2, 0.25) is 0 Å². The first kappa shape index (κ1) is 13.5. The topological polar surface area (TPSA) is 109 Å². The maximum absolute atomic E-state index is 10.2. The van der Waals surface area contributed by atoms with Gasteiger partial charge < -0.3 is 25.6 Å². The summed E-state index contributed by atoms with van der Waals surface area (Å²) in [4.78, 5) is 10.2. The van der Waals surface area contributed by atoms with Crippen LogP contribution in [0.4, 0.5) is 5.82 Å². The van der Waals surface area contributed by atoms with Crippen LogP contribution in [-0.4, -0.2) is 56.8 Å². The van der Waals surface area contributed by atoms with E-state index in [1.54, 1.807) is 17.6 Å². The van der Waals surface area contributed by atoms with Gasteiger partial charge in [0.25, 0.3) is 0 Å². The number of hydrogen-bond acceptors (Lipinski definition) is 7. The van der Waals surface area contributed by atoms with Crippen LogP contribution in [0.15, 0.2) is 11.3 Å². The molecule has 1 unspecified atom stereocenters. The van der Waals surface area contributed by atoms with E-state index in [2.05, 4.69) is 9.98 Å². The van der Waals surface area contributed by atoms with E-state index < -0.39 is 6.23 Å². The minimum Gasteiger partial charge on any atom is -0.394 e. The number of ether oxygens (including phenoxy) is 1. The van der Waals surface area contributed by atoms with Gasteiger partial charge in [-0.05, 0) is 12.8 Å². The van der Waals surface area contributed by atoms with E-state index >= 15 is 0 Å². The summed E-state index contributed by atoms with van der Waals surface area (Å²) in [6.07, 6.45) is 3.66. The highest BCUT2D eigenvalue weighted by Gasteiger charge is 2.32. The van der Waals surface area contributed by atoms with Gasteiger partial charge in [-0.3, -0.25) is 4.57 Å². The Morgan fingerprint density at radius 3 is 3.00 bits per heavy atom. The molecule has 4 N–H and O–H groups in total. The molecular weight excluding hydrogens is 262 g/mol. The lowest BCUT2D eigenvalue weighted by Crippen LogP contribution is -2.34. The predicted octanol–water partition coefficient (Wildman–Crippen LogP) is -0.522. The zero-order chi connectivity index (χ0) is 14.1. The molecule has 3 atom stereocenters. The third-order valence-corrected chi connectivity index (χ3v) is 3.67. The molecule has 3 heterocycles. The van der Waals surface area contributed by atoms with E-state index in [0.717, 1.165) is 12.8 Å². The van der Waals surface area contributed by atoms with Gasteiger partial charge in [0.15, 0.2) is 12.0 Å². The molecule has 0 spiro atoms. The Hall–Kier alpha value is -1.48. The molecule has 8 nitrogen and oxygen atoms in total. The van der Waals surface area contributed by atoms with Gasteiger partial charge in [0.2, 0.25) is 0 Å². The summed E-state index contributed by atoms with van der Waals surface area (Å²) < 4.78 is 7.52. The van der Waals surface area contributed by atoms with E-state index in [1.807, 2.05) is 4.57 Å². The summed E-state index contributed by atoms with van der Waals surface area (Å²) in [5.74, 6) is 0.606. The van der Waals surface area contributed by atoms with Crippen LogP contribution < -0.4 is 5.73 Å². The number of aliphatic imine (C=N–C) groups is 1. The van der Waals surface area contributed by atoms with E-state index in [4.69, 9.17) is 15.6 Å². The number of aromatic nitrogens is 2. The van der Waals surface area contributed by atoms with Crippen molar-refractivity contribution in [2.75, 3.05) is 19.7 Å². The van der Waals surface area contributed by atoms with Crippen molar-refractivity contribution in [1.82, 2.24) is 14.5 Å². The van der Waals surface area contributed by atoms with Crippen molar-refractivity contribution in [3.05, 3.63) is 12.0 Å². The smallest absolute Gasteiger partial charge is 0.175 e. The highest BCUT2D eigenvalue weighted by atomic mass is 16.5. The standard InChI is InChI=1S/C12H19N5O3/c13-3-4-16-6-15-11-10(12(16)19)14-7-17(11)9-2-1-8(5-18)20-9/h6-9,12,18-19H,1-5,13H2/t8-,9+,12?/m0/s1. The Morgan fingerprint density at radius 1 is 1.45 bits per heavy atom. The molecule has 0 aliphatic carbocycles. The van der Waals surface area contributed by atoms with Crippen molar-refractivity contribution >= 4 is 12.2 Å². The Labute approximate surface area is 116 Å². The second kappa shape index (κ2) is 5.49. The normalized spacial score (nSPS) is 28.9. The first-order valence-electron chi connectivity index (χ1n) is 6.75. The Balaban J connectivity index is 1.82. The largest absolute Gasteiger partial charge is 0.394 e. The molecule has 8 heteroatoms. The molecule has 1 fully saturated rings. The first-order chi connectivity index (χ1) is 9.74. The summed E-state index contributed by atoms with van der Waals surface area (Å²) >= 11 is 0. The van der Waals surface area contributed by atoms with Gasteiger partial charge in [-0.1, -0.05) is 0 Å². The fourth-order valence-corrected chi connectivity index (χ4v) is 2.60. The summed E-state index contributed by atoms with van der Waals surface area (Å²) in [6.45, 7) is 0.968. The number of nitrogens with zero attached hydrogens (tertiary/aromatic N) is 4. The monoisotopic (exact) mass is 281 g/mol. The maximum atomic E-state index is 10.2. The molecule has 0 saturated carbocycles. The lowest BCUT2D eigenvalue weighted by molar-refractivity contribution is -0.0219. The number of fused-ring (bicyclic) bond motifs is 1. The van der Waals surface area contributed by atoms with Crippen molar-refractivity contribution in [2.24, 2.45) is 10.7 Å². The molecule has 3 rings (SSSR count). The predicted molar refractivity (Wildman–Crippen MR) is 71.3 cm³/mol. The quantitative estimate of drug-likeness (QED) is 0.685. The van der Waals surface area contributed by atoms with Gasteiger partial charge in [0, 0.05) is 13.1 Å². The molecule has 1 aromatic heterocycles. The van der Waals surface area contributed by atoms with E-state index in [1.165, 1.54) is 0 Å². The number of imidazole rings is 1. The summed E-state index contributed by atoms with van der Waals surface area (Å²) in [7, 11) is 0. The van der Waals surface area contributed by atoms with Crippen LogP contribution in [0, 0.1) is 0 Å². The minimum absolute atomic E-state index is 0.0174. The molecule has 0 aromatic carbocycles. The number of aliphatic hydroxyl groups is 2. The SMILES string of the molecule is NCCN1C=Nc2c(ncn2[C@H]2CC[C@@H](CO)O2)C1O. The van der Waals surface area contributed by atoms with E-state index in [9.17, 15) is 5.11 Å². The third kappa shape index (κ3) is 2.20. The Morgan fingerprint density at radius 2 is 2.30 bits per heavy atom. The van der Waals surface area contributed by atoms with Gasteiger partial charge in [0.1, 0.15) is 11.9 Å². The number of rotatable bonds is 4. The fraction of sp³-hybridized carbons (Fsp3) is 0.667. The number of hydrogen-bond donors (Lipinski definition) is 3. The average Bonchev–Trinajstić information content (AvgIpc) is 3.08. The van der Waals surface area contributed by atoms with Gasteiger partial charge >= 0.3 is 0 Å². The molecule has 0 bridgehead atoms. The third-order valence-electron chi connectivity index (χ3n) is 3.67. The van der Waals surface area contributed by atoms with Crippen LogP contribution in [0.5, 0.6) is 0 Å². The molecular formula is C12H19N5O3. The maximum Gasteiger partial charge on any atom is 0.175 e. The zero-order valence-electron chi connectivity index (χ0n) is 11.1. The molecule has 0 radical (unpaired) electrons. The minimum atomic E-state index is -0.831.